The second-order valence-electron chi connectivity index (χ2n) is 3.91. The lowest BCUT2D eigenvalue weighted by Gasteiger charge is -1.99. The van der Waals surface area contributed by atoms with E-state index in [1.54, 1.807) is 6.07 Å². The normalized spacial score (nSPS) is 10.4. The molecule has 0 aromatic carbocycles. The second-order valence-corrected chi connectivity index (χ2v) is 5.71. The number of rotatable bonds is 6. The zero-order valence-corrected chi connectivity index (χ0v) is 11.8. The first-order chi connectivity index (χ1) is 9.52. The maximum Gasteiger partial charge on any atom is 0.325 e. The fraction of sp³-hybridized carbons (Fsp3) is 0.273. The summed E-state index contributed by atoms with van der Waals surface area (Å²) >= 11 is 7.23. The SMILES string of the molecule is O=C(O)Cn1cnc(NC(=O)CCc2ccc(Cl)s2)n1. The number of nitrogens with one attached hydrogen (secondary N) is 1. The number of aryl methyl sites for hydroxylation is 1. The Kier molecular flexibility index (Phi) is 4.70. The van der Waals surface area contributed by atoms with Gasteiger partial charge in [0.25, 0.3) is 0 Å². The highest BCUT2D eigenvalue weighted by molar-refractivity contribution is 7.16. The van der Waals surface area contributed by atoms with E-state index in [2.05, 4.69) is 15.4 Å². The van der Waals surface area contributed by atoms with Gasteiger partial charge in [0.15, 0.2) is 0 Å². The predicted molar refractivity (Wildman–Crippen MR) is 73.9 cm³/mol. The number of carboxylic acids is 1. The van der Waals surface area contributed by atoms with Crippen LogP contribution in [0.15, 0.2) is 18.5 Å². The van der Waals surface area contributed by atoms with Gasteiger partial charge in [0.2, 0.25) is 11.9 Å². The Hall–Kier alpha value is -1.93. The molecule has 0 aliphatic rings. The maximum absolute atomic E-state index is 11.7. The van der Waals surface area contributed by atoms with Gasteiger partial charge in [-0.25, -0.2) is 9.67 Å². The molecular formula is C11H11ClN4O3S. The minimum Gasteiger partial charge on any atom is -0.480 e. The molecule has 106 valence electrons. The number of nitrogens with zero attached hydrogens (tertiary/aromatic N) is 3. The molecule has 0 atom stereocenters. The lowest BCUT2D eigenvalue weighted by atomic mass is 10.2. The molecule has 1 amide bonds. The van der Waals surface area contributed by atoms with E-state index in [1.807, 2.05) is 6.07 Å². The minimum absolute atomic E-state index is 0.0976. The van der Waals surface area contributed by atoms with Crippen molar-refractivity contribution < 1.29 is 14.7 Å². The number of aliphatic carboxylic acids is 1. The summed E-state index contributed by atoms with van der Waals surface area (Å²) in [5.41, 5.74) is 0. The number of hydrogen-bond donors (Lipinski definition) is 2. The predicted octanol–water partition coefficient (Wildman–Crippen LogP) is 1.65. The Morgan fingerprint density at radius 1 is 1.45 bits per heavy atom. The quantitative estimate of drug-likeness (QED) is 0.845. The highest BCUT2D eigenvalue weighted by Crippen LogP contribution is 2.22. The molecule has 2 aromatic rings. The van der Waals surface area contributed by atoms with Crippen molar-refractivity contribution in [3.05, 3.63) is 27.7 Å². The van der Waals surface area contributed by atoms with Crippen LogP contribution >= 0.6 is 22.9 Å². The Labute approximate surface area is 123 Å². The van der Waals surface area contributed by atoms with E-state index in [0.29, 0.717) is 10.8 Å². The van der Waals surface area contributed by atoms with E-state index < -0.39 is 5.97 Å². The van der Waals surface area contributed by atoms with Crippen LogP contribution in [0.5, 0.6) is 0 Å². The monoisotopic (exact) mass is 314 g/mol. The second kappa shape index (κ2) is 6.49. The van der Waals surface area contributed by atoms with Gasteiger partial charge in [0.1, 0.15) is 12.9 Å². The summed E-state index contributed by atoms with van der Waals surface area (Å²) in [7, 11) is 0. The molecule has 0 radical (unpaired) electrons. The van der Waals surface area contributed by atoms with Crippen molar-refractivity contribution in [2.45, 2.75) is 19.4 Å². The summed E-state index contributed by atoms with van der Waals surface area (Å²) in [5.74, 6) is -1.16. The number of hydrogen-bond acceptors (Lipinski definition) is 5. The first-order valence-corrected chi connectivity index (χ1v) is 6.87. The van der Waals surface area contributed by atoms with E-state index in [4.69, 9.17) is 16.7 Å². The van der Waals surface area contributed by atoms with Crippen molar-refractivity contribution in [2.75, 3.05) is 5.32 Å². The molecule has 0 aliphatic carbocycles. The van der Waals surface area contributed by atoms with E-state index in [-0.39, 0.29) is 24.8 Å². The minimum atomic E-state index is -1.03. The van der Waals surface area contributed by atoms with Gasteiger partial charge in [0.05, 0.1) is 4.34 Å². The first-order valence-electron chi connectivity index (χ1n) is 5.68. The van der Waals surface area contributed by atoms with Crippen LogP contribution in [0.2, 0.25) is 4.34 Å². The largest absolute Gasteiger partial charge is 0.480 e. The van der Waals surface area contributed by atoms with Gasteiger partial charge in [-0.2, -0.15) is 0 Å². The van der Waals surface area contributed by atoms with E-state index >= 15 is 0 Å². The van der Waals surface area contributed by atoms with Gasteiger partial charge in [-0.15, -0.1) is 16.4 Å². The van der Waals surface area contributed by atoms with Crippen LogP contribution in [0.4, 0.5) is 5.95 Å². The molecule has 2 rings (SSSR count). The highest BCUT2D eigenvalue weighted by Gasteiger charge is 2.09. The van der Waals surface area contributed by atoms with Crippen LogP contribution in [0.3, 0.4) is 0 Å². The van der Waals surface area contributed by atoms with Crippen molar-refractivity contribution in [3.8, 4) is 0 Å². The molecule has 0 saturated heterocycles. The number of amides is 1. The van der Waals surface area contributed by atoms with Crippen molar-refractivity contribution in [3.63, 3.8) is 0 Å². The number of carbonyl (C=O) groups is 2. The van der Waals surface area contributed by atoms with Crippen molar-refractivity contribution >= 4 is 40.8 Å². The molecule has 0 bridgehead atoms. The Balaban J connectivity index is 1.82. The summed E-state index contributed by atoms with van der Waals surface area (Å²) in [6.07, 6.45) is 2.12. The Morgan fingerprint density at radius 3 is 2.90 bits per heavy atom. The molecular weight excluding hydrogens is 304 g/mol. The number of thiophene rings is 1. The molecule has 2 aromatic heterocycles. The zero-order chi connectivity index (χ0) is 14.5. The third kappa shape index (κ3) is 4.32. The summed E-state index contributed by atoms with van der Waals surface area (Å²) < 4.78 is 1.83. The number of carboxylic acid groups (broad SMARTS) is 1. The van der Waals surface area contributed by atoms with Crippen LogP contribution in [0.1, 0.15) is 11.3 Å². The summed E-state index contributed by atoms with van der Waals surface area (Å²) in [6.45, 7) is -0.295. The van der Waals surface area contributed by atoms with Crippen LogP contribution in [0, 0.1) is 0 Å². The number of aromatic nitrogens is 3. The third-order valence-corrected chi connectivity index (χ3v) is 3.60. The molecule has 0 unspecified atom stereocenters. The highest BCUT2D eigenvalue weighted by atomic mass is 35.5. The lowest BCUT2D eigenvalue weighted by Crippen LogP contribution is -2.14. The fourth-order valence-electron chi connectivity index (χ4n) is 1.48. The molecule has 20 heavy (non-hydrogen) atoms. The zero-order valence-electron chi connectivity index (χ0n) is 10.2. The van der Waals surface area contributed by atoms with Crippen molar-refractivity contribution in [1.29, 1.82) is 0 Å². The number of anilines is 1. The summed E-state index contributed by atoms with van der Waals surface area (Å²) in [6, 6.07) is 3.66. The average molecular weight is 315 g/mol. The van der Waals surface area contributed by atoms with Gasteiger partial charge in [-0.1, -0.05) is 11.6 Å². The van der Waals surface area contributed by atoms with E-state index in [0.717, 1.165) is 9.56 Å². The first kappa shape index (κ1) is 14.5. The lowest BCUT2D eigenvalue weighted by molar-refractivity contribution is -0.137. The van der Waals surface area contributed by atoms with Gasteiger partial charge in [0, 0.05) is 11.3 Å². The van der Waals surface area contributed by atoms with Gasteiger partial charge in [-0.05, 0) is 18.6 Å². The average Bonchev–Trinajstić information content (AvgIpc) is 2.95. The molecule has 2 heterocycles. The van der Waals surface area contributed by atoms with Crippen LogP contribution in [0.25, 0.3) is 0 Å². The molecule has 7 nitrogen and oxygen atoms in total. The fourth-order valence-corrected chi connectivity index (χ4v) is 2.56. The smallest absolute Gasteiger partial charge is 0.325 e. The Bertz CT molecular complexity index is 625. The number of halogens is 1. The summed E-state index contributed by atoms with van der Waals surface area (Å²) in [4.78, 5) is 27.0. The Morgan fingerprint density at radius 2 is 2.25 bits per heavy atom. The van der Waals surface area contributed by atoms with Crippen LogP contribution in [-0.4, -0.2) is 31.7 Å². The van der Waals surface area contributed by atoms with Crippen LogP contribution in [-0.2, 0) is 22.6 Å². The van der Waals surface area contributed by atoms with Crippen LogP contribution < -0.4 is 5.32 Å². The topological polar surface area (TPSA) is 97.1 Å². The number of carbonyl (C=O) groups excluding carboxylic acids is 1. The standard InChI is InChI=1S/C11H11ClN4O3S/c12-8-3-1-7(20-8)2-4-9(17)14-11-13-6-16(15-11)5-10(18)19/h1,3,6H,2,4-5H2,(H,18,19)(H,14,15,17). The van der Waals surface area contributed by atoms with Crippen molar-refractivity contribution in [1.82, 2.24) is 14.8 Å². The molecule has 2 N–H and O–H groups in total. The molecule has 9 heteroatoms. The molecule has 0 fully saturated rings. The van der Waals surface area contributed by atoms with E-state index in [1.165, 1.54) is 17.7 Å². The maximum atomic E-state index is 11.7. The molecule has 0 saturated carbocycles. The summed E-state index contributed by atoms with van der Waals surface area (Å²) in [5, 5.41) is 14.9. The van der Waals surface area contributed by atoms with Gasteiger partial charge >= 0.3 is 5.97 Å². The van der Waals surface area contributed by atoms with Gasteiger partial charge in [-0.3, -0.25) is 14.9 Å². The van der Waals surface area contributed by atoms with Gasteiger partial charge < -0.3 is 5.11 Å². The third-order valence-electron chi connectivity index (χ3n) is 2.31. The molecule has 0 spiro atoms. The van der Waals surface area contributed by atoms with Crippen molar-refractivity contribution in [2.24, 2.45) is 0 Å². The van der Waals surface area contributed by atoms with E-state index in [9.17, 15) is 9.59 Å². The molecule has 0 aliphatic heterocycles.